The molecule has 0 bridgehead atoms. The molecule has 5 nitrogen and oxygen atoms in total. The highest BCUT2D eigenvalue weighted by atomic mass is 19.1. The van der Waals surface area contributed by atoms with Crippen molar-refractivity contribution in [3.63, 3.8) is 0 Å². The lowest BCUT2D eigenvalue weighted by Gasteiger charge is -2.36. The van der Waals surface area contributed by atoms with Crippen molar-refractivity contribution in [1.29, 1.82) is 5.26 Å². The summed E-state index contributed by atoms with van der Waals surface area (Å²) in [6, 6.07) is 6.60. The van der Waals surface area contributed by atoms with Crippen LogP contribution < -0.4 is 5.32 Å². The SMILES string of the molecule is N#Cc1ccc(F)c(CN2CCN3C(=O)NCC3C2)c1. The molecule has 0 radical (unpaired) electrons. The first-order chi connectivity index (χ1) is 9.67. The van der Waals surface area contributed by atoms with E-state index >= 15 is 0 Å². The summed E-state index contributed by atoms with van der Waals surface area (Å²) in [5.41, 5.74) is 1.01. The van der Waals surface area contributed by atoms with Gasteiger partial charge in [0.25, 0.3) is 0 Å². The first-order valence-corrected chi connectivity index (χ1v) is 6.63. The summed E-state index contributed by atoms with van der Waals surface area (Å²) < 4.78 is 13.8. The van der Waals surface area contributed by atoms with Gasteiger partial charge in [0.2, 0.25) is 0 Å². The van der Waals surface area contributed by atoms with E-state index in [4.69, 9.17) is 5.26 Å². The fourth-order valence-electron chi connectivity index (χ4n) is 2.82. The number of nitrogens with zero attached hydrogens (tertiary/aromatic N) is 3. The number of nitriles is 1. The van der Waals surface area contributed by atoms with Gasteiger partial charge in [0, 0.05) is 38.3 Å². The quantitative estimate of drug-likeness (QED) is 0.872. The Morgan fingerprint density at radius 1 is 1.45 bits per heavy atom. The molecule has 3 rings (SSSR count). The number of carbonyl (C=O) groups is 1. The van der Waals surface area contributed by atoms with Crippen molar-refractivity contribution < 1.29 is 9.18 Å². The number of rotatable bonds is 2. The minimum Gasteiger partial charge on any atom is -0.336 e. The lowest BCUT2D eigenvalue weighted by Crippen LogP contribution is -2.51. The van der Waals surface area contributed by atoms with Crippen molar-refractivity contribution in [2.24, 2.45) is 0 Å². The van der Waals surface area contributed by atoms with Gasteiger partial charge in [-0.3, -0.25) is 4.90 Å². The van der Waals surface area contributed by atoms with E-state index < -0.39 is 0 Å². The predicted octanol–water partition coefficient (Wildman–Crippen LogP) is 0.907. The number of fused-ring (bicyclic) bond motifs is 1. The fourth-order valence-corrected chi connectivity index (χ4v) is 2.82. The molecule has 1 atom stereocenters. The van der Waals surface area contributed by atoms with E-state index in [1.165, 1.54) is 12.1 Å². The Hall–Kier alpha value is -2.13. The molecular weight excluding hydrogens is 259 g/mol. The maximum atomic E-state index is 13.8. The van der Waals surface area contributed by atoms with Crippen LogP contribution in [-0.4, -0.2) is 48.1 Å². The molecule has 1 N–H and O–H groups in total. The molecule has 0 aromatic heterocycles. The van der Waals surface area contributed by atoms with Crippen molar-refractivity contribution >= 4 is 6.03 Å². The Kier molecular flexibility index (Phi) is 3.28. The van der Waals surface area contributed by atoms with Gasteiger partial charge in [0.05, 0.1) is 17.7 Å². The van der Waals surface area contributed by atoms with Crippen LogP contribution in [0, 0.1) is 17.1 Å². The van der Waals surface area contributed by atoms with Crippen molar-refractivity contribution in [2.75, 3.05) is 26.2 Å². The Morgan fingerprint density at radius 3 is 3.10 bits per heavy atom. The zero-order chi connectivity index (χ0) is 14.1. The van der Waals surface area contributed by atoms with Gasteiger partial charge < -0.3 is 10.2 Å². The molecule has 1 unspecified atom stereocenters. The van der Waals surface area contributed by atoms with E-state index in [2.05, 4.69) is 10.2 Å². The number of halogens is 1. The van der Waals surface area contributed by atoms with Crippen LogP contribution in [0.15, 0.2) is 18.2 Å². The van der Waals surface area contributed by atoms with E-state index in [9.17, 15) is 9.18 Å². The Labute approximate surface area is 116 Å². The van der Waals surface area contributed by atoms with E-state index in [0.29, 0.717) is 30.8 Å². The van der Waals surface area contributed by atoms with Gasteiger partial charge in [-0.25, -0.2) is 9.18 Å². The van der Waals surface area contributed by atoms with E-state index in [1.54, 1.807) is 6.07 Å². The maximum Gasteiger partial charge on any atom is 0.317 e. The third-order valence-electron chi connectivity index (χ3n) is 3.89. The molecule has 0 saturated carbocycles. The molecule has 20 heavy (non-hydrogen) atoms. The maximum absolute atomic E-state index is 13.8. The van der Waals surface area contributed by atoms with Crippen LogP contribution in [0.5, 0.6) is 0 Å². The number of hydrogen-bond acceptors (Lipinski definition) is 3. The molecular formula is C14H15FN4O. The number of amides is 2. The van der Waals surface area contributed by atoms with Crippen molar-refractivity contribution in [3.05, 3.63) is 35.1 Å². The zero-order valence-electron chi connectivity index (χ0n) is 11.0. The number of piperazine rings is 1. The zero-order valence-corrected chi connectivity index (χ0v) is 11.0. The highest BCUT2D eigenvalue weighted by molar-refractivity contribution is 5.77. The highest BCUT2D eigenvalue weighted by Gasteiger charge is 2.35. The first kappa shape index (κ1) is 12.9. The van der Waals surface area contributed by atoms with E-state index in [1.807, 2.05) is 11.0 Å². The number of carbonyl (C=O) groups excluding carboxylic acids is 1. The Morgan fingerprint density at radius 2 is 2.30 bits per heavy atom. The summed E-state index contributed by atoms with van der Waals surface area (Å²) in [6.07, 6.45) is 0. The van der Waals surface area contributed by atoms with Crippen LogP contribution in [0.25, 0.3) is 0 Å². The molecule has 2 saturated heterocycles. The molecule has 0 aliphatic carbocycles. The van der Waals surface area contributed by atoms with Gasteiger partial charge in [-0.05, 0) is 18.2 Å². The topological polar surface area (TPSA) is 59.4 Å². The number of benzene rings is 1. The number of urea groups is 1. The average molecular weight is 274 g/mol. The minimum absolute atomic E-state index is 0.00712. The second-order valence-corrected chi connectivity index (χ2v) is 5.19. The molecule has 2 aliphatic rings. The van der Waals surface area contributed by atoms with E-state index in [-0.39, 0.29) is 17.9 Å². The number of nitrogens with one attached hydrogen (secondary N) is 1. The van der Waals surface area contributed by atoms with Crippen molar-refractivity contribution in [3.8, 4) is 6.07 Å². The summed E-state index contributed by atoms with van der Waals surface area (Å²) in [5.74, 6) is -0.285. The first-order valence-electron chi connectivity index (χ1n) is 6.63. The Bertz CT molecular complexity index is 583. The molecule has 0 spiro atoms. The number of hydrogen-bond donors (Lipinski definition) is 1. The normalized spacial score (nSPS) is 22.3. The molecule has 2 fully saturated rings. The largest absolute Gasteiger partial charge is 0.336 e. The molecule has 2 amide bonds. The van der Waals surface area contributed by atoms with Gasteiger partial charge in [-0.15, -0.1) is 0 Å². The Balaban J connectivity index is 1.70. The summed E-state index contributed by atoms with van der Waals surface area (Å²) in [6.45, 7) is 3.24. The van der Waals surface area contributed by atoms with Crippen LogP contribution >= 0.6 is 0 Å². The lowest BCUT2D eigenvalue weighted by molar-refractivity contribution is 0.116. The second kappa shape index (κ2) is 5.10. The van der Waals surface area contributed by atoms with Gasteiger partial charge in [0.1, 0.15) is 5.82 Å². The smallest absolute Gasteiger partial charge is 0.317 e. The summed E-state index contributed by atoms with van der Waals surface area (Å²) in [7, 11) is 0. The van der Waals surface area contributed by atoms with Crippen LogP contribution in [0.3, 0.4) is 0 Å². The lowest BCUT2D eigenvalue weighted by atomic mass is 10.1. The predicted molar refractivity (Wildman–Crippen MR) is 70.3 cm³/mol. The molecule has 2 aliphatic heterocycles. The molecule has 2 heterocycles. The second-order valence-electron chi connectivity index (χ2n) is 5.19. The van der Waals surface area contributed by atoms with Gasteiger partial charge >= 0.3 is 6.03 Å². The van der Waals surface area contributed by atoms with Gasteiger partial charge in [-0.2, -0.15) is 5.26 Å². The average Bonchev–Trinajstić information content (AvgIpc) is 2.82. The van der Waals surface area contributed by atoms with Crippen molar-refractivity contribution in [2.45, 2.75) is 12.6 Å². The van der Waals surface area contributed by atoms with Gasteiger partial charge in [0.15, 0.2) is 0 Å². The molecule has 1 aromatic carbocycles. The monoisotopic (exact) mass is 274 g/mol. The summed E-state index contributed by atoms with van der Waals surface area (Å²) in [5, 5.41) is 11.7. The van der Waals surface area contributed by atoms with Crippen molar-refractivity contribution in [1.82, 2.24) is 15.1 Å². The molecule has 1 aromatic rings. The minimum atomic E-state index is -0.285. The van der Waals surface area contributed by atoms with E-state index in [0.717, 1.165) is 13.1 Å². The fraction of sp³-hybridized carbons (Fsp3) is 0.429. The van der Waals surface area contributed by atoms with Crippen LogP contribution in [-0.2, 0) is 6.54 Å². The summed E-state index contributed by atoms with van der Waals surface area (Å²) in [4.78, 5) is 15.5. The third-order valence-corrected chi connectivity index (χ3v) is 3.89. The molecule has 104 valence electrons. The van der Waals surface area contributed by atoms with Gasteiger partial charge in [-0.1, -0.05) is 0 Å². The van der Waals surface area contributed by atoms with Crippen LogP contribution in [0.2, 0.25) is 0 Å². The third kappa shape index (κ3) is 2.32. The standard InChI is InChI=1S/C14H15FN4O/c15-13-2-1-10(6-16)5-11(13)8-18-3-4-19-12(9-18)7-17-14(19)20/h1-2,5,12H,3-4,7-9H2,(H,17,20). The molecule has 6 heteroatoms. The van der Waals surface area contributed by atoms with Crippen LogP contribution in [0.4, 0.5) is 9.18 Å². The van der Waals surface area contributed by atoms with Crippen LogP contribution in [0.1, 0.15) is 11.1 Å². The summed E-state index contributed by atoms with van der Waals surface area (Å²) >= 11 is 0. The highest BCUT2D eigenvalue weighted by Crippen LogP contribution is 2.18.